The zero-order valence-electron chi connectivity index (χ0n) is 14.2. The molecule has 2 aromatic rings. The normalized spacial score (nSPS) is 16.7. The molecule has 1 aliphatic rings. The molecule has 4 nitrogen and oxygen atoms in total. The summed E-state index contributed by atoms with van der Waals surface area (Å²) in [6.45, 7) is 3.28. The number of benzene rings is 2. The molecule has 140 valence electrons. The van der Waals surface area contributed by atoms with E-state index >= 15 is 0 Å². The van der Waals surface area contributed by atoms with E-state index in [0.717, 1.165) is 25.4 Å². The van der Waals surface area contributed by atoms with E-state index in [1.165, 1.54) is 27.0 Å². The minimum Gasteiger partial charge on any atom is -0.332 e. The summed E-state index contributed by atoms with van der Waals surface area (Å²) >= 11 is 7.55. The molecule has 1 aliphatic heterocycles. The summed E-state index contributed by atoms with van der Waals surface area (Å²) in [4.78, 5) is 2.16. The van der Waals surface area contributed by atoms with Crippen molar-refractivity contribution in [3.05, 3.63) is 59.4 Å². The number of sulfonamides is 1. The molecule has 0 atom stereocenters. The summed E-state index contributed by atoms with van der Waals surface area (Å²) in [5, 5.41) is 0.253. The molecule has 0 spiro atoms. The Morgan fingerprint density at radius 3 is 2.42 bits per heavy atom. The fourth-order valence-electron chi connectivity index (χ4n) is 2.95. The van der Waals surface area contributed by atoms with E-state index in [2.05, 4.69) is 0 Å². The van der Waals surface area contributed by atoms with Crippen molar-refractivity contribution < 1.29 is 17.7 Å². The van der Waals surface area contributed by atoms with Gasteiger partial charge in [-0.05, 0) is 24.3 Å². The minimum atomic E-state index is -3.55. The molecule has 26 heavy (non-hydrogen) atoms. The van der Waals surface area contributed by atoms with Crippen LogP contribution in [-0.2, 0) is 10.0 Å². The third-order valence-corrected chi connectivity index (χ3v) is 7.88. The minimum absolute atomic E-state index is 0.167. The van der Waals surface area contributed by atoms with Crippen LogP contribution in [0.25, 0.3) is 0 Å². The van der Waals surface area contributed by atoms with Crippen LogP contribution in [0.4, 0.5) is 4.39 Å². The van der Waals surface area contributed by atoms with Gasteiger partial charge < -0.3 is 4.90 Å². The molecule has 0 unspecified atom stereocenters. The number of nitrogens with zero attached hydrogens (tertiary/aromatic N) is 1. The van der Waals surface area contributed by atoms with Crippen molar-refractivity contribution in [2.24, 2.45) is 0 Å². The van der Waals surface area contributed by atoms with Gasteiger partial charge in [-0.3, -0.25) is 0 Å². The molecule has 0 aromatic heterocycles. The van der Waals surface area contributed by atoms with Crippen molar-refractivity contribution in [1.29, 1.82) is 0 Å². The molecule has 0 aliphatic carbocycles. The number of rotatable bonds is 6. The Labute approximate surface area is 163 Å². The molecule has 1 saturated heterocycles. The van der Waals surface area contributed by atoms with Crippen LogP contribution >= 0.6 is 23.4 Å². The topological polar surface area (TPSA) is 41.8 Å². The van der Waals surface area contributed by atoms with Crippen molar-refractivity contribution in [3.8, 4) is 0 Å². The lowest BCUT2D eigenvalue weighted by molar-refractivity contribution is -0.901. The van der Waals surface area contributed by atoms with Crippen LogP contribution in [0.15, 0.2) is 58.3 Å². The Morgan fingerprint density at radius 2 is 1.73 bits per heavy atom. The molecule has 1 fully saturated rings. The average Bonchev–Trinajstić information content (AvgIpc) is 2.64. The predicted octanol–water partition coefficient (Wildman–Crippen LogP) is 2.16. The van der Waals surface area contributed by atoms with E-state index in [-0.39, 0.29) is 15.7 Å². The second kappa shape index (κ2) is 8.71. The number of hydrogen-bond acceptors (Lipinski definition) is 3. The molecule has 0 amide bonds. The molecule has 0 radical (unpaired) electrons. The molecule has 0 saturated carbocycles. The van der Waals surface area contributed by atoms with Gasteiger partial charge >= 0.3 is 0 Å². The number of hydrogen-bond donors (Lipinski definition) is 1. The molecule has 1 N–H and O–H groups in total. The summed E-state index contributed by atoms with van der Waals surface area (Å²) in [5.74, 6) is 0.608. The average molecular weight is 416 g/mol. The summed E-state index contributed by atoms with van der Waals surface area (Å²) < 4.78 is 40.6. The SMILES string of the molecule is O=S(=O)(c1ccccc1Cl)N1CC[NH+](CCSc2ccccc2F)CC1. The maximum Gasteiger partial charge on any atom is 0.244 e. The highest BCUT2D eigenvalue weighted by molar-refractivity contribution is 7.99. The fraction of sp³-hybridized carbons (Fsp3) is 0.333. The standard InChI is InChI=1S/C18H20ClFN2O2S2/c19-15-5-1-4-8-18(15)26(23,24)22-11-9-21(10-12-22)13-14-25-17-7-3-2-6-16(17)20/h1-8H,9-14H2/p+1. The van der Waals surface area contributed by atoms with Crippen LogP contribution in [0, 0.1) is 5.82 Å². The third-order valence-electron chi connectivity index (χ3n) is 4.43. The van der Waals surface area contributed by atoms with Gasteiger partial charge in [0.15, 0.2) is 0 Å². The van der Waals surface area contributed by atoms with Crippen LogP contribution < -0.4 is 4.90 Å². The van der Waals surface area contributed by atoms with Crippen LogP contribution in [0.2, 0.25) is 5.02 Å². The number of piperazine rings is 1. The van der Waals surface area contributed by atoms with Crippen LogP contribution in [-0.4, -0.2) is 51.2 Å². The highest BCUT2D eigenvalue weighted by Crippen LogP contribution is 2.24. The predicted molar refractivity (Wildman–Crippen MR) is 103 cm³/mol. The molecule has 8 heteroatoms. The van der Waals surface area contributed by atoms with Gasteiger partial charge in [0.2, 0.25) is 10.0 Å². The lowest BCUT2D eigenvalue weighted by Crippen LogP contribution is -3.15. The smallest absolute Gasteiger partial charge is 0.244 e. The van der Waals surface area contributed by atoms with Gasteiger partial charge in [0.05, 0.1) is 37.7 Å². The van der Waals surface area contributed by atoms with E-state index in [4.69, 9.17) is 11.6 Å². The third kappa shape index (κ3) is 4.58. The van der Waals surface area contributed by atoms with Crippen molar-refractivity contribution in [1.82, 2.24) is 4.31 Å². The van der Waals surface area contributed by atoms with Gasteiger partial charge in [-0.15, -0.1) is 11.8 Å². The molecule has 0 bridgehead atoms. The summed E-state index contributed by atoms with van der Waals surface area (Å²) in [6.07, 6.45) is 0. The summed E-state index contributed by atoms with van der Waals surface area (Å²) in [7, 11) is -3.55. The maximum absolute atomic E-state index is 13.6. The quantitative estimate of drug-likeness (QED) is 0.735. The Bertz CT molecular complexity index is 856. The first kappa shape index (κ1) is 19.6. The van der Waals surface area contributed by atoms with E-state index < -0.39 is 10.0 Å². The first-order valence-corrected chi connectivity index (χ1v) is 11.2. The molecule has 1 heterocycles. The lowest BCUT2D eigenvalue weighted by Gasteiger charge is -2.31. The summed E-state index contributed by atoms with van der Waals surface area (Å²) in [5.41, 5.74) is 0. The van der Waals surface area contributed by atoms with Crippen molar-refractivity contribution in [2.45, 2.75) is 9.79 Å². The van der Waals surface area contributed by atoms with E-state index in [0.29, 0.717) is 18.0 Å². The second-order valence-electron chi connectivity index (χ2n) is 6.11. The highest BCUT2D eigenvalue weighted by atomic mass is 35.5. The lowest BCUT2D eigenvalue weighted by atomic mass is 10.3. The monoisotopic (exact) mass is 415 g/mol. The Balaban J connectivity index is 1.51. The van der Waals surface area contributed by atoms with Crippen molar-refractivity contribution in [2.75, 3.05) is 38.5 Å². The van der Waals surface area contributed by atoms with Crippen LogP contribution in [0.1, 0.15) is 0 Å². The molecular formula is C18H21ClFN2O2S2+. The van der Waals surface area contributed by atoms with E-state index in [9.17, 15) is 12.8 Å². The first-order chi connectivity index (χ1) is 12.5. The number of quaternary nitrogens is 1. The maximum atomic E-state index is 13.6. The zero-order valence-corrected chi connectivity index (χ0v) is 16.6. The van der Waals surface area contributed by atoms with Crippen molar-refractivity contribution in [3.63, 3.8) is 0 Å². The van der Waals surface area contributed by atoms with Gasteiger partial charge in [0.25, 0.3) is 0 Å². The van der Waals surface area contributed by atoms with Gasteiger partial charge in [0.1, 0.15) is 10.7 Å². The Kier molecular flexibility index (Phi) is 6.58. The van der Waals surface area contributed by atoms with Gasteiger partial charge in [-0.25, -0.2) is 12.8 Å². The number of thioether (sulfide) groups is 1. The van der Waals surface area contributed by atoms with Gasteiger partial charge in [-0.2, -0.15) is 4.31 Å². The van der Waals surface area contributed by atoms with Crippen LogP contribution in [0.5, 0.6) is 0 Å². The first-order valence-electron chi connectivity index (χ1n) is 8.44. The van der Waals surface area contributed by atoms with Crippen LogP contribution in [0.3, 0.4) is 0 Å². The zero-order chi connectivity index (χ0) is 18.6. The highest BCUT2D eigenvalue weighted by Gasteiger charge is 2.31. The van der Waals surface area contributed by atoms with E-state index in [1.807, 2.05) is 6.07 Å². The fourth-order valence-corrected chi connectivity index (χ4v) is 5.88. The number of nitrogens with one attached hydrogen (secondary N) is 1. The van der Waals surface area contributed by atoms with Crippen molar-refractivity contribution >= 4 is 33.4 Å². The van der Waals surface area contributed by atoms with Gasteiger partial charge in [0, 0.05) is 10.6 Å². The Morgan fingerprint density at radius 1 is 1.08 bits per heavy atom. The van der Waals surface area contributed by atoms with E-state index in [1.54, 1.807) is 36.4 Å². The summed E-state index contributed by atoms with van der Waals surface area (Å²) in [6, 6.07) is 13.3. The Hall–Kier alpha value is -1.12. The molecule has 3 rings (SSSR count). The molecular weight excluding hydrogens is 395 g/mol. The second-order valence-corrected chi connectivity index (χ2v) is 9.56. The van der Waals surface area contributed by atoms with Gasteiger partial charge in [-0.1, -0.05) is 35.9 Å². The number of halogens is 2. The largest absolute Gasteiger partial charge is 0.332 e. The molecule has 2 aromatic carbocycles.